The molecular formula is C14H12KNO5S-. The minimum absolute atomic E-state index is 0. The zero-order valence-electron chi connectivity index (χ0n) is 12.1. The number of sulfonamides is 1. The minimum Gasteiger partial charge on any atom is -0.545 e. The van der Waals surface area contributed by atoms with Crippen LogP contribution in [0.4, 0.5) is 5.69 Å². The number of carbonyl (C=O) groups excluding carboxylic acids is 1. The Morgan fingerprint density at radius 3 is 2.05 bits per heavy atom. The van der Waals surface area contributed by atoms with Crippen molar-refractivity contribution >= 4 is 73.1 Å². The van der Waals surface area contributed by atoms with Gasteiger partial charge in [0.1, 0.15) is 5.75 Å². The summed E-state index contributed by atoms with van der Waals surface area (Å²) in [6.07, 6.45) is 0. The molecule has 8 heteroatoms. The molecule has 6 nitrogen and oxygen atoms in total. The van der Waals surface area contributed by atoms with Gasteiger partial charge < -0.3 is 14.6 Å². The number of carboxylic acid groups (broad SMARTS) is 1. The average Bonchev–Trinajstić information content (AvgIpc) is 2.48. The molecule has 0 fully saturated rings. The van der Waals surface area contributed by atoms with Crippen LogP contribution in [0.1, 0.15) is 10.4 Å². The molecule has 0 spiro atoms. The zero-order chi connectivity index (χ0) is 15.5. The molecule has 0 aliphatic rings. The molecule has 0 aromatic heterocycles. The van der Waals surface area contributed by atoms with E-state index in [2.05, 4.69) is 4.72 Å². The van der Waals surface area contributed by atoms with Gasteiger partial charge in [0, 0.05) is 57.1 Å². The summed E-state index contributed by atoms with van der Waals surface area (Å²) in [6.45, 7) is 0. The summed E-state index contributed by atoms with van der Waals surface area (Å²) in [5.74, 6) is -0.752. The second-order valence-electron chi connectivity index (χ2n) is 4.15. The molecule has 1 radical (unpaired) electrons. The van der Waals surface area contributed by atoms with Crippen molar-refractivity contribution in [3.8, 4) is 5.75 Å². The molecular weight excluding hydrogens is 333 g/mol. The predicted molar refractivity (Wildman–Crippen MR) is 80.3 cm³/mol. The maximum atomic E-state index is 12.1. The minimum atomic E-state index is -3.78. The first kappa shape index (κ1) is 19.1. The average molecular weight is 345 g/mol. The number of nitrogens with one attached hydrogen (secondary N) is 1. The Labute approximate surface area is 171 Å². The Morgan fingerprint density at radius 2 is 1.59 bits per heavy atom. The zero-order valence-corrected chi connectivity index (χ0v) is 16.0. The van der Waals surface area contributed by atoms with Crippen LogP contribution in [-0.4, -0.2) is 72.9 Å². The molecule has 1 N–H and O–H groups in total. The third-order valence-electron chi connectivity index (χ3n) is 2.74. The van der Waals surface area contributed by atoms with Crippen LogP contribution in [0.5, 0.6) is 5.75 Å². The van der Waals surface area contributed by atoms with Gasteiger partial charge in [0.25, 0.3) is 10.0 Å². The monoisotopic (exact) mass is 345 g/mol. The maximum Gasteiger partial charge on any atom is 0.261 e. The number of rotatable bonds is 5. The van der Waals surface area contributed by atoms with E-state index in [0.717, 1.165) is 0 Å². The van der Waals surface area contributed by atoms with Gasteiger partial charge in [0.15, 0.2) is 0 Å². The van der Waals surface area contributed by atoms with Crippen LogP contribution in [0, 0.1) is 0 Å². The fourth-order valence-corrected chi connectivity index (χ4v) is 2.70. The molecule has 0 saturated heterocycles. The van der Waals surface area contributed by atoms with Gasteiger partial charge in [-0.3, -0.25) is 4.72 Å². The van der Waals surface area contributed by atoms with Gasteiger partial charge >= 0.3 is 0 Å². The third-order valence-corrected chi connectivity index (χ3v) is 4.14. The second kappa shape index (κ2) is 8.09. The van der Waals surface area contributed by atoms with Crippen molar-refractivity contribution in [1.82, 2.24) is 0 Å². The standard InChI is InChI=1S/C14H13NO5S.K/c1-20-12-6-4-11(5-7-12)15-21(18,19)13-8-2-10(3-9-13)14(16)17;/h2-9,15H,1H3,(H,16,17);/p-1. The van der Waals surface area contributed by atoms with Gasteiger partial charge in [-0.1, -0.05) is 12.1 Å². The predicted octanol–water partition coefficient (Wildman–Crippen LogP) is 0.479. The summed E-state index contributed by atoms with van der Waals surface area (Å²) >= 11 is 0. The van der Waals surface area contributed by atoms with E-state index in [4.69, 9.17) is 4.74 Å². The van der Waals surface area contributed by atoms with Gasteiger partial charge in [0.2, 0.25) is 0 Å². The van der Waals surface area contributed by atoms with E-state index in [1.807, 2.05) is 0 Å². The van der Waals surface area contributed by atoms with Crippen LogP contribution >= 0.6 is 0 Å². The third kappa shape index (κ3) is 4.80. The Morgan fingerprint density at radius 1 is 1.05 bits per heavy atom. The van der Waals surface area contributed by atoms with Crippen LogP contribution in [0.25, 0.3) is 0 Å². The number of carboxylic acids is 1. The summed E-state index contributed by atoms with van der Waals surface area (Å²) in [5.41, 5.74) is 0.290. The first-order valence-corrected chi connectivity index (χ1v) is 7.39. The van der Waals surface area contributed by atoms with Crippen LogP contribution in [0.2, 0.25) is 0 Å². The van der Waals surface area contributed by atoms with E-state index < -0.39 is 16.0 Å². The largest absolute Gasteiger partial charge is 0.545 e. The number of carbonyl (C=O) groups is 1. The molecule has 0 aliphatic carbocycles. The quantitative estimate of drug-likeness (QED) is 0.795. The number of anilines is 1. The van der Waals surface area contributed by atoms with Gasteiger partial charge in [-0.25, -0.2) is 8.42 Å². The summed E-state index contributed by atoms with van der Waals surface area (Å²) in [5, 5.41) is 10.6. The molecule has 0 bridgehead atoms. The molecule has 0 atom stereocenters. The summed E-state index contributed by atoms with van der Waals surface area (Å²) in [7, 11) is -2.27. The fourth-order valence-electron chi connectivity index (χ4n) is 1.64. The van der Waals surface area contributed by atoms with Crippen LogP contribution in [-0.2, 0) is 10.0 Å². The van der Waals surface area contributed by atoms with Gasteiger partial charge in [-0.2, -0.15) is 0 Å². The van der Waals surface area contributed by atoms with Crippen molar-refractivity contribution in [1.29, 1.82) is 0 Å². The first-order chi connectivity index (χ1) is 9.92. The molecule has 0 aliphatic heterocycles. The van der Waals surface area contributed by atoms with Crippen molar-refractivity contribution < 1.29 is 23.1 Å². The van der Waals surface area contributed by atoms with E-state index in [0.29, 0.717) is 11.4 Å². The van der Waals surface area contributed by atoms with Gasteiger partial charge in [0.05, 0.1) is 18.0 Å². The number of methoxy groups -OCH3 is 1. The fraction of sp³-hybridized carbons (Fsp3) is 0.0714. The Hall–Kier alpha value is -0.904. The smallest absolute Gasteiger partial charge is 0.261 e. The number of hydrogen-bond acceptors (Lipinski definition) is 5. The molecule has 2 aromatic rings. The molecule has 0 amide bonds. The number of aromatic carboxylic acids is 1. The van der Waals surface area contributed by atoms with E-state index in [1.165, 1.54) is 31.4 Å². The Bertz CT molecular complexity index is 742. The maximum absolute atomic E-state index is 12.1. The van der Waals surface area contributed by atoms with Crippen molar-refractivity contribution in [3.63, 3.8) is 0 Å². The molecule has 22 heavy (non-hydrogen) atoms. The van der Waals surface area contributed by atoms with E-state index in [-0.39, 0.29) is 61.8 Å². The molecule has 0 saturated carbocycles. The topological polar surface area (TPSA) is 95.5 Å². The molecule has 0 heterocycles. The Balaban J connectivity index is 0.00000242. The first-order valence-electron chi connectivity index (χ1n) is 5.90. The summed E-state index contributed by atoms with van der Waals surface area (Å²) in [4.78, 5) is 10.6. The SMILES string of the molecule is COc1ccc(NS(=O)(=O)c2ccc(C(=O)[O-])cc2)cc1.[K]. The van der Waals surface area contributed by atoms with Crippen LogP contribution in [0.3, 0.4) is 0 Å². The number of ether oxygens (including phenoxy) is 1. The van der Waals surface area contributed by atoms with Crippen molar-refractivity contribution in [3.05, 3.63) is 54.1 Å². The normalized spacial score (nSPS) is 10.4. The van der Waals surface area contributed by atoms with Crippen LogP contribution in [0.15, 0.2) is 53.4 Å². The molecule has 0 unspecified atom stereocenters. The van der Waals surface area contributed by atoms with E-state index in [9.17, 15) is 18.3 Å². The summed E-state index contributed by atoms with van der Waals surface area (Å²) < 4.78 is 31.6. The second-order valence-corrected chi connectivity index (χ2v) is 5.83. The van der Waals surface area contributed by atoms with Gasteiger partial charge in [-0.05, 0) is 42.0 Å². The van der Waals surface area contributed by atoms with E-state index >= 15 is 0 Å². The van der Waals surface area contributed by atoms with Crippen molar-refractivity contribution in [2.75, 3.05) is 11.8 Å². The molecule has 2 aromatic carbocycles. The van der Waals surface area contributed by atoms with E-state index in [1.54, 1.807) is 24.3 Å². The summed E-state index contributed by atoms with van der Waals surface area (Å²) in [6, 6.07) is 11.1. The number of benzene rings is 2. The van der Waals surface area contributed by atoms with Crippen molar-refractivity contribution in [2.24, 2.45) is 0 Å². The van der Waals surface area contributed by atoms with Gasteiger partial charge in [-0.15, -0.1) is 0 Å². The number of hydrogen-bond donors (Lipinski definition) is 1. The van der Waals surface area contributed by atoms with Crippen LogP contribution < -0.4 is 14.6 Å². The van der Waals surface area contributed by atoms with Crippen molar-refractivity contribution in [2.45, 2.75) is 4.90 Å². The molecule has 2 rings (SSSR count). The molecule has 111 valence electrons. The Kier molecular flexibility index (Phi) is 7.04.